The minimum absolute atomic E-state index is 0.193. The van der Waals surface area contributed by atoms with Gasteiger partial charge in [-0.25, -0.2) is 9.97 Å². The number of Topliss-reactive ketones (excluding diaryl/α,β-unsaturated/α-hetero) is 2. The van der Waals surface area contributed by atoms with Gasteiger partial charge in [-0.15, -0.1) is 0 Å². The summed E-state index contributed by atoms with van der Waals surface area (Å²) in [5, 5.41) is 2.85. The Labute approximate surface area is 212 Å². The molecule has 1 fully saturated rings. The standard InChI is InChI=1S/C30H23N3O2S/c34-26-22-15-19-11-7-8-12-20(19)16-23(22)27(35)24(26)17-25-31-30-28(33(25)21-13-5-2-6-14-21)32-29(36-30)18-9-3-1-4-10-18/h1,3-4,7-12,15-17,21H,2,5-6,13-14H2. The van der Waals surface area contributed by atoms with Gasteiger partial charge >= 0.3 is 0 Å². The Kier molecular flexibility index (Phi) is 4.96. The first-order valence-electron chi connectivity index (χ1n) is 12.5. The van der Waals surface area contributed by atoms with Crippen LogP contribution in [0, 0.1) is 0 Å². The Balaban J connectivity index is 1.36. The Bertz CT molecular complexity index is 1650. The summed E-state index contributed by atoms with van der Waals surface area (Å²) in [6.45, 7) is 0. The Hall–Kier alpha value is -3.90. The zero-order valence-corrected chi connectivity index (χ0v) is 20.4. The van der Waals surface area contributed by atoms with Crippen molar-refractivity contribution in [2.45, 2.75) is 38.1 Å². The number of carbonyl (C=O) groups excluding carboxylic acids is 2. The van der Waals surface area contributed by atoms with E-state index in [9.17, 15) is 9.59 Å². The van der Waals surface area contributed by atoms with Crippen LogP contribution in [0.2, 0.25) is 0 Å². The molecule has 0 aliphatic heterocycles. The molecule has 3 aromatic carbocycles. The first-order valence-corrected chi connectivity index (χ1v) is 13.3. The molecular weight excluding hydrogens is 466 g/mol. The molecule has 0 atom stereocenters. The quantitative estimate of drug-likeness (QED) is 0.197. The van der Waals surface area contributed by atoms with Crippen LogP contribution in [0.15, 0.2) is 72.3 Å². The smallest absolute Gasteiger partial charge is 0.197 e. The number of rotatable bonds is 3. The van der Waals surface area contributed by atoms with Crippen molar-refractivity contribution in [1.29, 1.82) is 0 Å². The number of nitrogens with zero attached hydrogens (tertiary/aromatic N) is 3. The van der Waals surface area contributed by atoms with Crippen molar-refractivity contribution in [2.24, 2.45) is 0 Å². The van der Waals surface area contributed by atoms with Crippen LogP contribution in [0.5, 0.6) is 0 Å². The monoisotopic (exact) mass is 489 g/mol. The predicted octanol–water partition coefficient (Wildman–Crippen LogP) is 7.28. The van der Waals surface area contributed by atoms with Gasteiger partial charge in [-0.2, -0.15) is 0 Å². The molecule has 36 heavy (non-hydrogen) atoms. The number of benzene rings is 3. The van der Waals surface area contributed by atoms with Crippen LogP contribution in [0.25, 0.3) is 37.9 Å². The summed E-state index contributed by atoms with van der Waals surface area (Å²) < 4.78 is 2.18. The molecule has 0 amide bonds. The van der Waals surface area contributed by atoms with Crippen molar-refractivity contribution in [1.82, 2.24) is 14.5 Å². The fraction of sp³-hybridized carbons (Fsp3) is 0.200. The van der Waals surface area contributed by atoms with Crippen LogP contribution in [-0.4, -0.2) is 26.1 Å². The zero-order valence-electron chi connectivity index (χ0n) is 19.6. The highest BCUT2D eigenvalue weighted by atomic mass is 32.1. The van der Waals surface area contributed by atoms with E-state index < -0.39 is 0 Å². The van der Waals surface area contributed by atoms with Crippen LogP contribution in [0.3, 0.4) is 0 Å². The number of imidazole rings is 1. The number of fused-ring (bicyclic) bond motifs is 3. The van der Waals surface area contributed by atoms with Gasteiger partial charge in [0.25, 0.3) is 0 Å². The second kappa shape index (κ2) is 8.35. The summed E-state index contributed by atoms with van der Waals surface area (Å²) >= 11 is 1.56. The van der Waals surface area contributed by atoms with E-state index in [4.69, 9.17) is 9.97 Å². The van der Waals surface area contributed by atoms with Crippen molar-refractivity contribution in [3.8, 4) is 10.6 Å². The SMILES string of the molecule is O=C1C(=Cc2nc3sc(-c4ccccc4)nc3n2C2CCCCC2)C(=O)c2cc3ccccc3cc21. The Morgan fingerprint density at radius 2 is 1.44 bits per heavy atom. The molecule has 176 valence electrons. The molecule has 5 nitrogen and oxygen atoms in total. The summed E-state index contributed by atoms with van der Waals surface area (Å²) in [4.78, 5) is 37.5. The third-order valence-electron chi connectivity index (χ3n) is 7.38. The minimum Gasteiger partial charge on any atom is -0.305 e. The molecule has 7 rings (SSSR count). The Morgan fingerprint density at radius 3 is 2.11 bits per heavy atom. The minimum atomic E-state index is -0.222. The van der Waals surface area contributed by atoms with Gasteiger partial charge in [0.2, 0.25) is 0 Å². The third-order valence-corrected chi connectivity index (χ3v) is 8.37. The molecule has 2 aliphatic rings. The van der Waals surface area contributed by atoms with Crippen LogP contribution in [0.4, 0.5) is 0 Å². The lowest BCUT2D eigenvalue weighted by molar-refractivity contribution is 0.0990. The molecule has 0 radical (unpaired) electrons. The van der Waals surface area contributed by atoms with Crippen LogP contribution >= 0.6 is 11.3 Å². The summed E-state index contributed by atoms with van der Waals surface area (Å²) in [5.74, 6) is 0.213. The number of allylic oxidation sites excluding steroid dienone is 1. The molecule has 0 bridgehead atoms. The maximum atomic E-state index is 13.4. The van der Waals surface area contributed by atoms with Gasteiger partial charge < -0.3 is 4.57 Å². The average Bonchev–Trinajstić information content (AvgIpc) is 3.55. The maximum Gasteiger partial charge on any atom is 0.197 e. The van der Waals surface area contributed by atoms with E-state index in [1.807, 2.05) is 54.6 Å². The fourth-order valence-corrected chi connectivity index (χ4v) is 6.52. The van der Waals surface area contributed by atoms with Gasteiger partial charge in [-0.1, -0.05) is 85.2 Å². The Morgan fingerprint density at radius 1 is 0.806 bits per heavy atom. The van der Waals surface area contributed by atoms with Crippen molar-refractivity contribution in [3.63, 3.8) is 0 Å². The lowest BCUT2D eigenvalue weighted by Crippen LogP contribution is -2.15. The summed E-state index contributed by atoms with van der Waals surface area (Å²) in [6, 6.07) is 21.9. The molecule has 0 saturated heterocycles. The van der Waals surface area contributed by atoms with Crippen LogP contribution in [0.1, 0.15) is 64.7 Å². The summed E-state index contributed by atoms with van der Waals surface area (Å²) in [7, 11) is 0. The van der Waals surface area contributed by atoms with Gasteiger partial charge in [0, 0.05) is 22.7 Å². The first-order chi connectivity index (χ1) is 17.7. The van der Waals surface area contributed by atoms with E-state index in [2.05, 4.69) is 16.7 Å². The van der Waals surface area contributed by atoms with Crippen molar-refractivity contribution in [2.75, 3.05) is 0 Å². The van der Waals surface area contributed by atoms with E-state index in [0.29, 0.717) is 17.0 Å². The van der Waals surface area contributed by atoms with Gasteiger partial charge in [0.05, 0.1) is 5.57 Å². The van der Waals surface area contributed by atoms with Gasteiger partial charge in [-0.05, 0) is 41.8 Å². The molecular formula is C30H23N3O2S. The highest BCUT2D eigenvalue weighted by Gasteiger charge is 2.34. The highest BCUT2D eigenvalue weighted by molar-refractivity contribution is 7.21. The second-order valence-corrected chi connectivity index (χ2v) is 10.6. The van der Waals surface area contributed by atoms with Gasteiger partial charge in [-0.3, -0.25) is 9.59 Å². The largest absolute Gasteiger partial charge is 0.305 e. The third kappa shape index (κ3) is 3.36. The summed E-state index contributed by atoms with van der Waals surface area (Å²) in [5.41, 5.74) is 3.07. The first kappa shape index (κ1) is 21.4. The fourth-order valence-electron chi connectivity index (χ4n) is 5.57. The number of carbonyl (C=O) groups is 2. The normalized spacial score (nSPS) is 16.3. The van der Waals surface area contributed by atoms with E-state index in [1.54, 1.807) is 17.4 Å². The maximum absolute atomic E-state index is 13.4. The number of aromatic nitrogens is 3. The lowest BCUT2D eigenvalue weighted by Gasteiger charge is -2.24. The molecule has 0 N–H and O–H groups in total. The number of hydrogen-bond acceptors (Lipinski definition) is 5. The molecule has 2 aliphatic carbocycles. The molecule has 1 saturated carbocycles. The van der Waals surface area contributed by atoms with E-state index >= 15 is 0 Å². The molecule has 0 spiro atoms. The van der Waals surface area contributed by atoms with Crippen molar-refractivity contribution in [3.05, 3.63) is 89.3 Å². The molecule has 2 aromatic heterocycles. The van der Waals surface area contributed by atoms with E-state index in [1.165, 1.54) is 6.42 Å². The van der Waals surface area contributed by atoms with Gasteiger partial charge in [0.15, 0.2) is 22.0 Å². The van der Waals surface area contributed by atoms with Crippen molar-refractivity contribution >= 4 is 50.2 Å². The number of thiazole rings is 1. The van der Waals surface area contributed by atoms with Crippen LogP contribution < -0.4 is 0 Å². The van der Waals surface area contributed by atoms with E-state index in [-0.39, 0.29) is 23.2 Å². The van der Waals surface area contributed by atoms with Crippen molar-refractivity contribution < 1.29 is 9.59 Å². The second-order valence-electron chi connectivity index (χ2n) is 9.61. The topological polar surface area (TPSA) is 64.8 Å². The van der Waals surface area contributed by atoms with E-state index in [0.717, 1.165) is 57.5 Å². The molecule has 6 heteroatoms. The zero-order chi connectivity index (χ0) is 24.2. The van der Waals surface area contributed by atoms with Crippen LogP contribution in [-0.2, 0) is 0 Å². The lowest BCUT2D eigenvalue weighted by atomic mass is 9.95. The van der Waals surface area contributed by atoms with Gasteiger partial charge in [0.1, 0.15) is 10.8 Å². The highest BCUT2D eigenvalue weighted by Crippen LogP contribution is 2.38. The molecule has 0 unspecified atom stereocenters. The molecule has 5 aromatic rings. The predicted molar refractivity (Wildman–Crippen MR) is 144 cm³/mol. The number of hydrogen-bond donors (Lipinski definition) is 0. The summed E-state index contributed by atoms with van der Waals surface area (Å²) in [6.07, 6.45) is 7.36. The number of ketones is 2. The average molecular weight is 490 g/mol. The molecule has 2 heterocycles.